The summed E-state index contributed by atoms with van der Waals surface area (Å²) in [7, 11) is 0. The van der Waals surface area contributed by atoms with Crippen molar-refractivity contribution in [1.29, 1.82) is 0 Å². The number of aryl methyl sites for hydroxylation is 1. The van der Waals surface area contributed by atoms with Crippen molar-refractivity contribution in [2.24, 2.45) is 5.73 Å². The Labute approximate surface area is 146 Å². The predicted molar refractivity (Wildman–Crippen MR) is 90.3 cm³/mol. The van der Waals surface area contributed by atoms with Crippen LogP contribution in [0.5, 0.6) is 0 Å². The van der Waals surface area contributed by atoms with Gasteiger partial charge in [0, 0.05) is 28.4 Å². The number of hydrogen-bond donors (Lipinski definition) is 1. The minimum Gasteiger partial charge on any atom is -0.341 e. The van der Waals surface area contributed by atoms with Gasteiger partial charge in [-0.1, -0.05) is 24.3 Å². The highest BCUT2D eigenvalue weighted by Gasteiger charge is 2.61. The van der Waals surface area contributed by atoms with E-state index in [-0.39, 0.29) is 18.0 Å². The van der Waals surface area contributed by atoms with Crippen LogP contribution in [0.2, 0.25) is 0 Å². The van der Waals surface area contributed by atoms with E-state index in [1.54, 1.807) is 18.2 Å². The third kappa shape index (κ3) is 2.95. The second-order valence-corrected chi connectivity index (χ2v) is 5.64. The molecule has 8 heteroatoms. The van der Waals surface area contributed by atoms with E-state index in [0.29, 0.717) is 11.9 Å². The molecule has 1 aromatic heterocycles. The zero-order valence-corrected chi connectivity index (χ0v) is 14.0. The molecule has 2 nitrogen and oxygen atoms in total. The maximum atomic E-state index is 13.5. The zero-order valence-electron chi connectivity index (χ0n) is 13.1. The van der Waals surface area contributed by atoms with Crippen LogP contribution in [-0.4, -0.2) is 16.7 Å². The fraction of sp³-hybridized carbons (Fsp3) is 0.294. The van der Waals surface area contributed by atoms with E-state index in [4.69, 9.17) is 5.73 Å². The summed E-state index contributed by atoms with van der Waals surface area (Å²) in [4.78, 5) is 0. The van der Waals surface area contributed by atoms with Gasteiger partial charge >= 0.3 is 12.1 Å². The molecule has 0 aliphatic carbocycles. The molecule has 0 radical (unpaired) electrons. The van der Waals surface area contributed by atoms with E-state index in [1.165, 1.54) is 12.1 Å². The summed E-state index contributed by atoms with van der Waals surface area (Å²) in [5.41, 5.74) is 6.67. The minimum atomic E-state index is -5.70. The summed E-state index contributed by atoms with van der Waals surface area (Å²) >= 11 is 0. The van der Waals surface area contributed by atoms with Crippen molar-refractivity contribution < 1.29 is 22.0 Å². The molecular weight excluding hydrogens is 363 g/mol. The summed E-state index contributed by atoms with van der Waals surface area (Å²) in [5, 5.41) is 1.40. The van der Waals surface area contributed by atoms with E-state index in [0.717, 1.165) is 16.4 Å². The highest BCUT2D eigenvalue weighted by Crippen LogP contribution is 2.44. The lowest BCUT2D eigenvalue weighted by molar-refractivity contribution is -0.290. The molecule has 25 heavy (non-hydrogen) atoms. The number of rotatable bonds is 3. The number of fused-ring (bicyclic) bond motifs is 3. The van der Waals surface area contributed by atoms with Crippen LogP contribution < -0.4 is 5.73 Å². The highest BCUT2D eigenvalue weighted by atomic mass is 35.5. The highest BCUT2D eigenvalue weighted by molar-refractivity contribution is 6.08. The van der Waals surface area contributed by atoms with Gasteiger partial charge in [0.2, 0.25) is 0 Å². The van der Waals surface area contributed by atoms with E-state index in [2.05, 4.69) is 0 Å². The van der Waals surface area contributed by atoms with E-state index in [1.807, 2.05) is 23.6 Å². The standard InChI is InChI=1S/C17H15F5N2.ClH/c1-2-24-13-6-4-3-5-11(13)12-9-10(7-8-14(12)24)15(23)16(18,19)17(20,21)22;/h3-9,15H,2,23H2,1H3;1H/t15-;/m0./s1. The van der Waals surface area contributed by atoms with Crippen molar-refractivity contribution in [3.8, 4) is 0 Å². The Morgan fingerprint density at radius 1 is 0.960 bits per heavy atom. The molecule has 0 saturated heterocycles. The molecule has 2 aromatic carbocycles. The fourth-order valence-corrected chi connectivity index (χ4v) is 2.99. The summed E-state index contributed by atoms with van der Waals surface area (Å²) in [5.74, 6) is -5.00. The molecule has 1 heterocycles. The molecule has 0 saturated carbocycles. The Kier molecular flexibility index (Phi) is 5.03. The number of nitrogens with zero attached hydrogens (tertiary/aromatic N) is 1. The van der Waals surface area contributed by atoms with Crippen LogP contribution in [0.1, 0.15) is 18.5 Å². The van der Waals surface area contributed by atoms with Gasteiger partial charge in [-0.3, -0.25) is 0 Å². The molecule has 0 unspecified atom stereocenters. The topological polar surface area (TPSA) is 30.9 Å². The number of halogens is 6. The quantitative estimate of drug-likeness (QED) is 0.605. The predicted octanol–water partition coefficient (Wildman–Crippen LogP) is 5.43. The number of para-hydroxylation sites is 1. The van der Waals surface area contributed by atoms with Gasteiger partial charge in [-0.25, -0.2) is 0 Å². The van der Waals surface area contributed by atoms with Crippen LogP contribution >= 0.6 is 12.4 Å². The summed E-state index contributed by atoms with van der Waals surface area (Å²) < 4.78 is 66.7. The third-order valence-electron chi connectivity index (χ3n) is 4.24. The number of aromatic nitrogens is 1. The van der Waals surface area contributed by atoms with E-state index >= 15 is 0 Å². The second kappa shape index (κ2) is 6.46. The first-order valence-electron chi connectivity index (χ1n) is 7.39. The van der Waals surface area contributed by atoms with Crippen LogP contribution in [-0.2, 0) is 6.54 Å². The van der Waals surface area contributed by atoms with Crippen molar-refractivity contribution in [2.45, 2.75) is 31.6 Å². The van der Waals surface area contributed by atoms with Gasteiger partial charge in [-0.15, -0.1) is 12.4 Å². The van der Waals surface area contributed by atoms with Gasteiger partial charge in [-0.05, 0) is 30.7 Å². The maximum absolute atomic E-state index is 13.5. The number of alkyl halides is 5. The van der Waals surface area contributed by atoms with Crippen molar-refractivity contribution >= 4 is 34.2 Å². The van der Waals surface area contributed by atoms with Crippen LogP contribution in [0.4, 0.5) is 22.0 Å². The second-order valence-electron chi connectivity index (χ2n) is 5.64. The first-order valence-corrected chi connectivity index (χ1v) is 7.39. The Morgan fingerprint density at radius 3 is 2.16 bits per heavy atom. The molecule has 0 spiro atoms. The third-order valence-corrected chi connectivity index (χ3v) is 4.24. The van der Waals surface area contributed by atoms with E-state index < -0.39 is 18.1 Å². The average Bonchev–Trinajstić information content (AvgIpc) is 2.86. The molecule has 3 rings (SSSR count). The molecule has 1 atom stereocenters. The molecule has 0 amide bonds. The van der Waals surface area contributed by atoms with Gasteiger partial charge in [0.15, 0.2) is 0 Å². The molecule has 0 bridgehead atoms. The molecule has 0 aliphatic rings. The maximum Gasteiger partial charge on any atom is 0.455 e. The normalized spacial score (nSPS) is 13.9. The largest absolute Gasteiger partial charge is 0.455 e. The molecule has 0 aliphatic heterocycles. The van der Waals surface area contributed by atoms with Gasteiger partial charge < -0.3 is 10.3 Å². The van der Waals surface area contributed by atoms with Gasteiger partial charge in [-0.2, -0.15) is 22.0 Å². The minimum absolute atomic E-state index is 0. The fourth-order valence-electron chi connectivity index (χ4n) is 2.99. The SMILES string of the molecule is CCn1c2ccccc2c2cc([C@H](N)C(F)(F)C(F)(F)F)ccc21.Cl. The van der Waals surface area contributed by atoms with Crippen LogP contribution in [0, 0.1) is 0 Å². The van der Waals surface area contributed by atoms with Gasteiger partial charge in [0.05, 0.1) is 0 Å². The molecule has 3 aromatic rings. The molecule has 2 N–H and O–H groups in total. The van der Waals surface area contributed by atoms with Gasteiger partial charge in [0.1, 0.15) is 6.04 Å². The first-order chi connectivity index (χ1) is 11.2. The number of nitrogens with two attached hydrogens (primary N) is 1. The Hall–Kier alpha value is -1.86. The van der Waals surface area contributed by atoms with Crippen LogP contribution in [0.3, 0.4) is 0 Å². The summed E-state index contributed by atoms with van der Waals surface area (Å²) in [6.45, 7) is 2.58. The summed E-state index contributed by atoms with van der Waals surface area (Å²) in [6, 6.07) is 8.97. The lowest BCUT2D eigenvalue weighted by atomic mass is 9.99. The number of hydrogen-bond acceptors (Lipinski definition) is 1. The van der Waals surface area contributed by atoms with Crippen molar-refractivity contribution in [1.82, 2.24) is 4.57 Å². The van der Waals surface area contributed by atoms with Crippen molar-refractivity contribution in [2.75, 3.05) is 0 Å². The summed E-state index contributed by atoms with van der Waals surface area (Å²) in [6.07, 6.45) is -5.70. The molecule has 136 valence electrons. The monoisotopic (exact) mass is 378 g/mol. The lowest BCUT2D eigenvalue weighted by Crippen LogP contribution is -2.45. The molecular formula is C17H16ClF5N2. The van der Waals surface area contributed by atoms with Crippen LogP contribution in [0.15, 0.2) is 42.5 Å². The van der Waals surface area contributed by atoms with Gasteiger partial charge in [0.25, 0.3) is 0 Å². The lowest BCUT2D eigenvalue weighted by Gasteiger charge is -2.26. The zero-order chi connectivity index (χ0) is 17.7. The Morgan fingerprint density at radius 2 is 1.56 bits per heavy atom. The van der Waals surface area contributed by atoms with Crippen molar-refractivity contribution in [3.63, 3.8) is 0 Å². The Balaban J connectivity index is 0.00000225. The average molecular weight is 379 g/mol. The van der Waals surface area contributed by atoms with Crippen LogP contribution in [0.25, 0.3) is 21.8 Å². The molecule has 0 fully saturated rings. The van der Waals surface area contributed by atoms with E-state index in [9.17, 15) is 22.0 Å². The number of benzene rings is 2. The van der Waals surface area contributed by atoms with Crippen molar-refractivity contribution in [3.05, 3.63) is 48.0 Å². The first kappa shape index (κ1) is 19.5. The Bertz CT molecular complexity index is 901. The smallest absolute Gasteiger partial charge is 0.341 e.